The highest BCUT2D eigenvalue weighted by Gasteiger charge is 2.47. The molecule has 2 aromatic heterocycles. The number of aromatic nitrogens is 2. The normalized spacial score (nSPS) is 20.7. The van der Waals surface area contributed by atoms with Crippen LogP contribution in [-0.4, -0.2) is 21.9 Å². The van der Waals surface area contributed by atoms with E-state index in [1.54, 1.807) is 12.1 Å². The summed E-state index contributed by atoms with van der Waals surface area (Å²) in [6.45, 7) is 8.06. The van der Waals surface area contributed by atoms with Gasteiger partial charge in [-0.05, 0) is 75.4 Å². The summed E-state index contributed by atoms with van der Waals surface area (Å²) in [5.41, 5.74) is 6.75. The fourth-order valence-electron chi connectivity index (χ4n) is 5.25. The van der Waals surface area contributed by atoms with E-state index in [0.29, 0.717) is 28.6 Å². The maximum atomic E-state index is 12.4. The summed E-state index contributed by atoms with van der Waals surface area (Å²) >= 11 is 0. The lowest BCUT2D eigenvalue weighted by molar-refractivity contribution is 0.0636. The first kappa shape index (κ1) is 21.6. The number of fused-ring (bicyclic) bond motifs is 4. The molecular formula is C29H27N3O3. The second-order valence-corrected chi connectivity index (χ2v) is 9.74. The van der Waals surface area contributed by atoms with E-state index < -0.39 is 5.60 Å². The predicted molar refractivity (Wildman–Crippen MR) is 137 cm³/mol. The number of pyridine rings is 2. The number of aromatic amines is 1. The Morgan fingerprint density at radius 3 is 2.77 bits per heavy atom. The molecule has 1 aliphatic heterocycles. The summed E-state index contributed by atoms with van der Waals surface area (Å²) in [5, 5.41) is 0. The summed E-state index contributed by atoms with van der Waals surface area (Å²) in [7, 11) is 0. The number of hydrogen-bond donors (Lipinski definition) is 1. The summed E-state index contributed by atoms with van der Waals surface area (Å²) in [5.74, 6) is 1.68. The number of hydrogen-bond acceptors (Lipinski definition) is 5. The molecule has 1 unspecified atom stereocenters. The average molecular weight is 466 g/mol. The number of nitrogens with zero attached hydrogens (tertiary/aromatic N) is 2. The first-order valence-corrected chi connectivity index (χ1v) is 12.0. The van der Waals surface area contributed by atoms with Gasteiger partial charge in [-0.1, -0.05) is 24.3 Å². The first-order chi connectivity index (χ1) is 16.8. The van der Waals surface area contributed by atoms with Crippen LogP contribution in [0.5, 0.6) is 11.6 Å². The van der Waals surface area contributed by atoms with E-state index in [4.69, 9.17) is 14.5 Å². The van der Waals surface area contributed by atoms with Gasteiger partial charge in [0, 0.05) is 29.0 Å². The van der Waals surface area contributed by atoms with Crippen LogP contribution in [0, 0.1) is 20.8 Å². The van der Waals surface area contributed by atoms with Crippen molar-refractivity contribution in [3.63, 3.8) is 0 Å². The van der Waals surface area contributed by atoms with Gasteiger partial charge in [0.05, 0.1) is 11.6 Å². The predicted octanol–water partition coefficient (Wildman–Crippen LogP) is 5.65. The minimum absolute atomic E-state index is 0.0794. The zero-order valence-electron chi connectivity index (χ0n) is 20.3. The second kappa shape index (κ2) is 7.80. The quantitative estimate of drug-likeness (QED) is 0.424. The number of aryl methyl sites for hydroxylation is 3. The van der Waals surface area contributed by atoms with Crippen molar-refractivity contribution in [1.82, 2.24) is 9.97 Å². The molecule has 1 aliphatic carbocycles. The van der Waals surface area contributed by atoms with Gasteiger partial charge in [0.1, 0.15) is 11.3 Å². The number of rotatable bonds is 3. The van der Waals surface area contributed by atoms with Crippen molar-refractivity contribution in [3.8, 4) is 11.6 Å². The van der Waals surface area contributed by atoms with Gasteiger partial charge >= 0.3 is 0 Å². The fraction of sp³-hybridized carbons (Fsp3) is 0.276. The maximum Gasteiger partial charge on any atom is 0.220 e. The molecule has 0 spiro atoms. The zero-order valence-corrected chi connectivity index (χ0v) is 20.3. The number of aliphatic imine (C=N–C) groups is 1. The second-order valence-electron chi connectivity index (χ2n) is 9.74. The zero-order chi connectivity index (χ0) is 24.3. The van der Waals surface area contributed by atoms with Gasteiger partial charge < -0.3 is 14.5 Å². The van der Waals surface area contributed by atoms with Gasteiger partial charge in [-0.15, -0.1) is 0 Å². The van der Waals surface area contributed by atoms with Crippen LogP contribution in [0.3, 0.4) is 0 Å². The van der Waals surface area contributed by atoms with Gasteiger partial charge in [0.2, 0.25) is 17.2 Å². The number of H-pyrrole nitrogens is 1. The molecule has 1 N–H and O–H groups in total. The van der Waals surface area contributed by atoms with E-state index >= 15 is 0 Å². The Kier molecular flexibility index (Phi) is 4.81. The Morgan fingerprint density at radius 2 is 1.91 bits per heavy atom. The molecule has 0 radical (unpaired) electrons. The Morgan fingerprint density at radius 1 is 1.09 bits per heavy atom. The molecule has 2 aliphatic rings. The van der Waals surface area contributed by atoms with Crippen molar-refractivity contribution >= 4 is 16.9 Å². The van der Waals surface area contributed by atoms with E-state index in [1.807, 2.05) is 32.9 Å². The minimum Gasteiger partial charge on any atom is -0.464 e. The number of nitrogens with one attached hydrogen (secondary N) is 1. The Bertz CT molecular complexity index is 1590. The molecule has 0 saturated carbocycles. The summed E-state index contributed by atoms with van der Waals surface area (Å²) in [6, 6.07) is 17.8. The van der Waals surface area contributed by atoms with E-state index in [9.17, 15) is 4.79 Å². The molecule has 2 aromatic carbocycles. The van der Waals surface area contributed by atoms with Crippen LogP contribution in [0.1, 0.15) is 46.9 Å². The topological polar surface area (TPSA) is 76.6 Å². The summed E-state index contributed by atoms with van der Waals surface area (Å²) in [4.78, 5) is 25.1. The number of ether oxygens (including phenoxy) is 2. The van der Waals surface area contributed by atoms with Crippen molar-refractivity contribution in [2.24, 2.45) is 4.99 Å². The Balaban J connectivity index is 1.36. The van der Waals surface area contributed by atoms with Crippen molar-refractivity contribution < 1.29 is 9.47 Å². The monoisotopic (exact) mass is 465 g/mol. The lowest BCUT2D eigenvalue weighted by Crippen LogP contribution is -2.38. The molecule has 2 atom stereocenters. The lowest BCUT2D eigenvalue weighted by atomic mass is 9.77. The van der Waals surface area contributed by atoms with E-state index in [0.717, 1.165) is 35.2 Å². The van der Waals surface area contributed by atoms with E-state index in [2.05, 4.69) is 47.2 Å². The Hall–Kier alpha value is -3.93. The van der Waals surface area contributed by atoms with Crippen LogP contribution >= 0.6 is 0 Å². The average Bonchev–Trinajstić information content (AvgIpc) is 3.20. The lowest BCUT2D eigenvalue weighted by Gasteiger charge is -2.35. The van der Waals surface area contributed by atoms with Crippen molar-refractivity contribution in [3.05, 3.63) is 98.3 Å². The summed E-state index contributed by atoms with van der Waals surface area (Å²) in [6.07, 6.45) is 1.96. The third-order valence-corrected chi connectivity index (χ3v) is 7.32. The van der Waals surface area contributed by atoms with Crippen LogP contribution in [0.2, 0.25) is 0 Å². The van der Waals surface area contributed by atoms with Crippen LogP contribution in [-0.2, 0) is 16.8 Å². The van der Waals surface area contributed by atoms with E-state index in [-0.39, 0.29) is 11.5 Å². The highest BCUT2D eigenvalue weighted by Crippen LogP contribution is 2.44. The third-order valence-electron chi connectivity index (χ3n) is 7.32. The van der Waals surface area contributed by atoms with Crippen molar-refractivity contribution in [1.29, 1.82) is 0 Å². The van der Waals surface area contributed by atoms with Crippen LogP contribution in [0.4, 0.5) is 0 Å². The number of benzene rings is 2. The largest absolute Gasteiger partial charge is 0.464 e. The molecule has 4 aromatic rings. The van der Waals surface area contributed by atoms with Gasteiger partial charge in [-0.2, -0.15) is 0 Å². The molecular weight excluding hydrogens is 438 g/mol. The third kappa shape index (κ3) is 3.52. The maximum absolute atomic E-state index is 12.4. The van der Waals surface area contributed by atoms with Crippen LogP contribution in [0.15, 0.2) is 64.4 Å². The molecule has 6 nitrogen and oxygen atoms in total. The highest BCUT2D eigenvalue weighted by molar-refractivity contribution is 5.96. The fourth-order valence-corrected chi connectivity index (χ4v) is 5.25. The van der Waals surface area contributed by atoms with Crippen LogP contribution in [0.25, 0.3) is 11.0 Å². The smallest absolute Gasteiger partial charge is 0.220 e. The molecule has 6 rings (SSSR count). The van der Waals surface area contributed by atoms with Crippen LogP contribution < -0.4 is 10.2 Å². The molecule has 35 heavy (non-hydrogen) atoms. The molecule has 3 heterocycles. The van der Waals surface area contributed by atoms with Crippen molar-refractivity contribution in [2.75, 3.05) is 0 Å². The van der Waals surface area contributed by atoms with Gasteiger partial charge in [0.25, 0.3) is 0 Å². The molecule has 0 bridgehead atoms. The molecule has 0 fully saturated rings. The highest BCUT2D eigenvalue weighted by atomic mass is 16.5. The molecule has 176 valence electrons. The first-order valence-electron chi connectivity index (χ1n) is 12.0. The summed E-state index contributed by atoms with van der Waals surface area (Å²) < 4.78 is 12.8. The van der Waals surface area contributed by atoms with Gasteiger partial charge in [-0.3, -0.25) is 4.79 Å². The van der Waals surface area contributed by atoms with E-state index in [1.165, 1.54) is 11.1 Å². The Labute approximate surface area is 203 Å². The molecule has 6 heteroatoms. The SMILES string of the molecule is Cc1cc(=O)c2nc(Oc3cc(C4=N[C@H]5CCc6ccccc6C5(C)O4)cc(C)c3C)ccc2[nH]1. The molecule has 0 saturated heterocycles. The standard InChI is InChI=1S/C29H27N3O3/c1-16-13-20(28-31-25-11-9-19-7-5-6-8-21(19)29(25,4)35-28)15-24(18(16)3)34-26-12-10-22-27(32-26)23(33)14-17(2)30-22/h5-8,10,12-15,25H,9,11H2,1-4H3,(H,30,33)/t25-,29?/m0/s1. The minimum atomic E-state index is -0.469. The molecule has 0 amide bonds. The van der Waals surface area contributed by atoms with Gasteiger partial charge in [-0.25, -0.2) is 9.98 Å². The van der Waals surface area contributed by atoms with Gasteiger partial charge in [0.15, 0.2) is 5.60 Å². The van der Waals surface area contributed by atoms with Crippen molar-refractivity contribution in [2.45, 2.75) is 52.2 Å².